The number of ketones is 1. The number of unbranched alkanes of at least 4 members (excludes halogenated alkanes) is 1. The molecule has 0 saturated carbocycles. The van der Waals surface area contributed by atoms with Crippen LogP contribution in [0.25, 0.3) is 0 Å². The SMILES string of the molecule is CCCCOC1(C(C)=O)COCCC1OC(=O)c1ccccc1. The van der Waals surface area contributed by atoms with Gasteiger partial charge in [0.2, 0.25) is 0 Å². The van der Waals surface area contributed by atoms with Gasteiger partial charge in [-0.3, -0.25) is 4.79 Å². The molecule has 23 heavy (non-hydrogen) atoms. The summed E-state index contributed by atoms with van der Waals surface area (Å²) in [4.78, 5) is 24.6. The third-order valence-corrected chi connectivity index (χ3v) is 4.07. The van der Waals surface area contributed by atoms with Crippen LogP contribution in [0.3, 0.4) is 0 Å². The first-order valence-corrected chi connectivity index (χ1v) is 8.09. The standard InChI is InChI=1S/C18H24O5/c1-3-4-11-22-18(14(2)19)13-21-12-10-16(18)23-17(20)15-8-6-5-7-9-15/h5-9,16H,3-4,10-13H2,1-2H3. The summed E-state index contributed by atoms with van der Waals surface area (Å²) in [5, 5.41) is 0. The molecule has 2 rings (SSSR count). The van der Waals surface area contributed by atoms with Crippen molar-refractivity contribution in [1.82, 2.24) is 0 Å². The summed E-state index contributed by atoms with van der Waals surface area (Å²) in [6.45, 7) is 4.52. The molecule has 5 heteroatoms. The highest BCUT2D eigenvalue weighted by atomic mass is 16.6. The second kappa shape index (κ2) is 8.22. The predicted molar refractivity (Wildman–Crippen MR) is 85.4 cm³/mol. The Balaban J connectivity index is 2.15. The van der Waals surface area contributed by atoms with E-state index in [0.717, 1.165) is 12.8 Å². The first kappa shape index (κ1) is 17.6. The van der Waals surface area contributed by atoms with Crippen molar-refractivity contribution in [2.75, 3.05) is 19.8 Å². The van der Waals surface area contributed by atoms with E-state index in [0.29, 0.717) is 25.2 Å². The smallest absolute Gasteiger partial charge is 0.338 e. The normalized spacial score (nSPS) is 24.2. The van der Waals surface area contributed by atoms with Crippen molar-refractivity contribution in [2.24, 2.45) is 0 Å². The second-order valence-electron chi connectivity index (χ2n) is 5.75. The molecule has 2 atom stereocenters. The predicted octanol–water partition coefficient (Wildman–Crippen LogP) is 2.78. The molecule has 1 aliphatic rings. The number of esters is 1. The van der Waals surface area contributed by atoms with E-state index in [4.69, 9.17) is 14.2 Å². The van der Waals surface area contributed by atoms with E-state index in [1.165, 1.54) is 6.92 Å². The van der Waals surface area contributed by atoms with E-state index < -0.39 is 17.7 Å². The number of rotatable bonds is 7. The molecular formula is C18H24O5. The summed E-state index contributed by atoms with van der Waals surface area (Å²) in [5.74, 6) is -0.610. The minimum atomic E-state index is -1.20. The molecule has 0 amide bonds. The van der Waals surface area contributed by atoms with Crippen LogP contribution in [0, 0.1) is 0 Å². The van der Waals surface area contributed by atoms with E-state index in [1.807, 2.05) is 13.0 Å². The Hall–Kier alpha value is -1.72. The molecule has 0 N–H and O–H groups in total. The van der Waals surface area contributed by atoms with E-state index in [2.05, 4.69) is 0 Å². The van der Waals surface area contributed by atoms with Gasteiger partial charge in [-0.2, -0.15) is 0 Å². The highest BCUT2D eigenvalue weighted by Crippen LogP contribution is 2.29. The minimum absolute atomic E-state index is 0.124. The van der Waals surface area contributed by atoms with Crippen LogP contribution in [0.1, 0.15) is 43.5 Å². The molecule has 1 aromatic rings. The number of Topliss-reactive ketones (excluding diaryl/α,β-unsaturated/α-hetero) is 1. The maximum Gasteiger partial charge on any atom is 0.338 e. The van der Waals surface area contributed by atoms with Gasteiger partial charge >= 0.3 is 5.97 Å². The summed E-state index contributed by atoms with van der Waals surface area (Å²) in [5.41, 5.74) is -0.734. The van der Waals surface area contributed by atoms with Gasteiger partial charge in [-0.1, -0.05) is 31.5 Å². The number of hydrogen-bond acceptors (Lipinski definition) is 5. The minimum Gasteiger partial charge on any atom is -0.455 e. The van der Waals surface area contributed by atoms with Crippen LogP contribution in [0.5, 0.6) is 0 Å². The Kier molecular flexibility index (Phi) is 6.30. The number of benzene rings is 1. The molecule has 5 nitrogen and oxygen atoms in total. The van der Waals surface area contributed by atoms with Crippen molar-refractivity contribution in [2.45, 2.75) is 44.8 Å². The van der Waals surface area contributed by atoms with Crippen molar-refractivity contribution in [3.63, 3.8) is 0 Å². The zero-order chi connectivity index (χ0) is 16.7. The Bertz CT molecular complexity index is 527. The molecule has 1 saturated heterocycles. The largest absolute Gasteiger partial charge is 0.455 e. The lowest BCUT2D eigenvalue weighted by atomic mass is 9.88. The average Bonchev–Trinajstić information content (AvgIpc) is 2.57. The first-order chi connectivity index (χ1) is 11.1. The van der Waals surface area contributed by atoms with Crippen molar-refractivity contribution < 1.29 is 23.8 Å². The van der Waals surface area contributed by atoms with Gasteiger partial charge in [0.25, 0.3) is 0 Å². The van der Waals surface area contributed by atoms with Crippen LogP contribution in [0.4, 0.5) is 0 Å². The number of carbonyl (C=O) groups excluding carboxylic acids is 2. The van der Waals surface area contributed by atoms with Gasteiger partial charge in [0, 0.05) is 13.0 Å². The van der Waals surface area contributed by atoms with Crippen molar-refractivity contribution in [3.8, 4) is 0 Å². The number of hydrogen-bond donors (Lipinski definition) is 0. The summed E-state index contributed by atoms with van der Waals surface area (Å²) in [6, 6.07) is 8.76. The van der Waals surface area contributed by atoms with E-state index >= 15 is 0 Å². The fraction of sp³-hybridized carbons (Fsp3) is 0.556. The lowest BCUT2D eigenvalue weighted by molar-refractivity contribution is -0.194. The summed E-state index contributed by atoms with van der Waals surface area (Å²) in [6.07, 6.45) is 1.63. The fourth-order valence-electron chi connectivity index (χ4n) is 2.63. The van der Waals surface area contributed by atoms with Crippen molar-refractivity contribution >= 4 is 11.8 Å². The molecule has 1 fully saturated rings. The van der Waals surface area contributed by atoms with E-state index in [1.54, 1.807) is 24.3 Å². The van der Waals surface area contributed by atoms with Crippen LogP contribution < -0.4 is 0 Å². The average molecular weight is 320 g/mol. The maximum absolute atomic E-state index is 12.3. The van der Waals surface area contributed by atoms with Crippen molar-refractivity contribution in [3.05, 3.63) is 35.9 Å². The topological polar surface area (TPSA) is 61.8 Å². The van der Waals surface area contributed by atoms with Gasteiger partial charge in [-0.25, -0.2) is 4.79 Å². The summed E-state index contributed by atoms with van der Waals surface area (Å²) in [7, 11) is 0. The number of ether oxygens (including phenoxy) is 3. The zero-order valence-electron chi connectivity index (χ0n) is 13.7. The van der Waals surface area contributed by atoms with Crippen LogP contribution in [-0.4, -0.2) is 43.3 Å². The molecule has 0 spiro atoms. The van der Waals surface area contributed by atoms with Crippen LogP contribution in [-0.2, 0) is 19.0 Å². The Morgan fingerprint density at radius 3 is 2.70 bits per heavy atom. The van der Waals surface area contributed by atoms with Gasteiger partial charge in [0.1, 0.15) is 6.10 Å². The van der Waals surface area contributed by atoms with Gasteiger partial charge < -0.3 is 14.2 Å². The van der Waals surface area contributed by atoms with Crippen molar-refractivity contribution in [1.29, 1.82) is 0 Å². The van der Waals surface area contributed by atoms with Gasteiger partial charge in [-0.15, -0.1) is 0 Å². The van der Waals surface area contributed by atoms with Gasteiger partial charge in [0.05, 0.1) is 18.8 Å². The quantitative estimate of drug-likeness (QED) is 0.571. The second-order valence-corrected chi connectivity index (χ2v) is 5.75. The molecular weight excluding hydrogens is 296 g/mol. The third-order valence-electron chi connectivity index (χ3n) is 4.07. The molecule has 0 radical (unpaired) electrons. The van der Waals surface area contributed by atoms with E-state index in [9.17, 15) is 9.59 Å². The van der Waals surface area contributed by atoms with Crippen LogP contribution in [0.2, 0.25) is 0 Å². The molecule has 2 unspecified atom stereocenters. The van der Waals surface area contributed by atoms with E-state index in [-0.39, 0.29) is 12.4 Å². The summed E-state index contributed by atoms with van der Waals surface area (Å²) < 4.78 is 16.9. The first-order valence-electron chi connectivity index (χ1n) is 8.09. The molecule has 0 aliphatic carbocycles. The Morgan fingerprint density at radius 1 is 1.30 bits per heavy atom. The van der Waals surface area contributed by atoms with Crippen LogP contribution in [0.15, 0.2) is 30.3 Å². The highest BCUT2D eigenvalue weighted by molar-refractivity contribution is 5.91. The molecule has 1 aliphatic heterocycles. The molecule has 1 aromatic carbocycles. The molecule has 126 valence electrons. The Morgan fingerprint density at radius 2 is 2.04 bits per heavy atom. The monoisotopic (exact) mass is 320 g/mol. The fourth-order valence-corrected chi connectivity index (χ4v) is 2.63. The summed E-state index contributed by atoms with van der Waals surface area (Å²) >= 11 is 0. The molecule has 1 heterocycles. The van der Waals surface area contributed by atoms with Gasteiger partial charge in [-0.05, 0) is 25.5 Å². The lowest BCUT2D eigenvalue weighted by Gasteiger charge is -2.40. The Labute approximate surface area is 136 Å². The van der Waals surface area contributed by atoms with Crippen LogP contribution >= 0.6 is 0 Å². The molecule has 0 bridgehead atoms. The zero-order valence-corrected chi connectivity index (χ0v) is 13.7. The van der Waals surface area contributed by atoms with Gasteiger partial charge in [0.15, 0.2) is 11.4 Å². The number of carbonyl (C=O) groups is 2. The third kappa shape index (κ3) is 4.18. The lowest BCUT2D eigenvalue weighted by Crippen LogP contribution is -2.59. The maximum atomic E-state index is 12.3. The highest BCUT2D eigenvalue weighted by Gasteiger charge is 2.49. The molecule has 0 aromatic heterocycles.